The molecule has 0 saturated carbocycles. The Bertz CT molecular complexity index is 844. The molecule has 0 aromatic heterocycles. The minimum atomic E-state index is -0.546. The van der Waals surface area contributed by atoms with Crippen molar-refractivity contribution in [1.29, 1.82) is 0 Å². The SMILES string of the molecule is CCc1ccc(N2C(=O)C(Cl)=C(Nc3cccc(Cl)c3)C2=O)cc1. The third kappa shape index (κ3) is 3.03. The molecule has 1 aliphatic heterocycles. The van der Waals surface area contributed by atoms with Crippen LogP contribution in [-0.4, -0.2) is 11.8 Å². The van der Waals surface area contributed by atoms with E-state index in [1.54, 1.807) is 36.4 Å². The van der Waals surface area contributed by atoms with Gasteiger partial charge in [0.25, 0.3) is 11.8 Å². The van der Waals surface area contributed by atoms with Gasteiger partial charge in [-0.1, -0.05) is 48.3 Å². The summed E-state index contributed by atoms with van der Waals surface area (Å²) >= 11 is 12.0. The summed E-state index contributed by atoms with van der Waals surface area (Å²) in [6.07, 6.45) is 0.878. The molecular formula is C18H14Cl2N2O2. The highest BCUT2D eigenvalue weighted by molar-refractivity contribution is 6.53. The van der Waals surface area contributed by atoms with E-state index in [1.165, 1.54) is 0 Å². The quantitative estimate of drug-likeness (QED) is 0.825. The molecule has 6 heteroatoms. The van der Waals surface area contributed by atoms with E-state index in [-0.39, 0.29) is 10.7 Å². The van der Waals surface area contributed by atoms with Crippen molar-refractivity contribution in [2.45, 2.75) is 13.3 Å². The van der Waals surface area contributed by atoms with E-state index in [9.17, 15) is 9.59 Å². The molecule has 122 valence electrons. The second kappa shape index (κ2) is 6.67. The lowest BCUT2D eigenvalue weighted by Crippen LogP contribution is -2.32. The van der Waals surface area contributed by atoms with Gasteiger partial charge in [-0.25, -0.2) is 4.90 Å². The van der Waals surface area contributed by atoms with Crippen molar-refractivity contribution in [3.8, 4) is 0 Å². The third-order valence-corrected chi connectivity index (χ3v) is 4.31. The molecule has 4 nitrogen and oxygen atoms in total. The van der Waals surface area contributed by atoms with Crippen molar-refractivity contribution in [2.24, 2.45) is 0 Å². The molecule has 0 radical (unpaired) electrons. The van der Waals surface area contributed by atoms with Crippen molar-refractivity contribution in [2.75, 3.05) is 10.2 Å². The van der Waals surface area contributed by atoms with Crippen LogP contribution < -0.4 is 10.2 Å². The van der Waals surface area contributed by atoms with Crippen LogP contribution in [0.3, 0.4) is 0 Å². The molecule has 0 fully saturated rings. The topological polar surface area (TPSA) is 49.4 Å². The highest BCUT2D eigenvalue weighted by Gasteiger charge is 2.38. The molecular weight excluding hydrogens is 347 g/mol. The van der Waals surface area contributed by atoms with Gasteiger partial charge in [-0.05, 0) is 42.3 Å². The normalized spacial score (nSPS) is 14.5. The minimum Gasteiger partial charge on any atom is -0.350 e. The number of rotatable bonds is 4. The summed E-state index contributed by atoms with van der Waals surface area (Å²) in [6.45, 7) is 2.03. The van der Waals surface area contributed by atoms with Crippen LogP contribution in [0, 0.1) is 0 Å². The van der Waals surface area contributed by atoms with Crippen molar-refractivity contribution in [1.82, 2.24) is 0 Å². The van der Waals surface area contributed by atoms with Gasteiger partial charge in [0.2, 0.25) is 0 Å². The molecule has 0 bridgehead atoms. The zero-order valence-corrected chi connectivity index (χ0v) is 14.4. The number of aryl methyl sites for hydroxylation is 1. The number of imide groups is 1. The predicted octanol–water partition coefficient (Wildman–Crippen LogP) is 4.34. The summed E-state index contributed by atoms with van der Waals surface area (Å²) in [7, 11) is 0. The predicted molar refractivity (Wildman–Crippen MR) is 96.3 cm³/mol. The van der Waals surface area contributed by atoms with Crippen LogP contribution in [0.2, 0.25) is 5.02 Å². The summed E-state index contributed by atoms with van der Waals surface area (Å²) in [5.74, 6) is -1.04. The summed E-state index contributed by atoms with van der Waals surface area (Å²) in [5.41, 5.74) is 2.24. The number of anilines is 2. The monoisotopic (exact) mass is 360 g/mol. The van der Waals surface area contributed by atoms with E-state index in [2.05, 4.69) is 5.32 Å². The summed E-state index contributed by atoms with van der Waals surface area (Å²) in [5, 5.41) is 3.26. The Morgan fingerprint density at radius 3 is 2.33 bits per heavy atom. The van der Waals surface area contributed by atoms with Gasteiger partial charge in [0, 0.05) is 10.7 Å². The molecule has 0 spiro atoms. The zero-order chi connectivity index (χ0) is 17.3. The number of nitrogens with zero attached hydrogens (tertiary/aromatic N) is 1. The van der Waals surface area contributed by atoms with E-state index in [4.69, 9.17) is 23.2 Å². The number of hydrogen-bond acceptors (Lipinski definition) is 3. The molecule has 2 aromatic carbocycles. The fourth-order valence-electron chi connectivity index (χ4n) is 2.44. The lowest BCUT2D eigenvalue weighted by atomic mass is 10.1. The third-order valence-electron chi connectivity index (χ3n) is 3.72. The van der Waals surface area contributed by atoms with Crippen molar-refractivity contribution in [3.63, 3.8) is 0 Å². The largest absolute Gasteiger partial charge is 0.350 e. The van der Waals surface area contributed by atoms with Gasteiger partial charge < -0.3 is 5.32 Å². The molecule has 0 atom stereocenters. The van der Waals surface area contributed by atoms with E-state index in [1.807, 2.05) is 19.1 Å². The molecule has 2 amide bonds. The van der Waals surface area contributed by atoms with E-state index in [0.717, 1.165) is 16.9 Å². The molecule has 1 N–H and O–H groups in total. The Morgan fingerprint density at radius 1 is 1.00 bits per heavy atom. The van der Waals surface area contributed by atoms with E-state index < -0.39 is 11.8 Å². The zero-order valence-electron chi connectivity index (χ0n) is 12.8. The molecule has 0 saturated heterocycles. The fraction of sp³-hybridized carbons (Fsp3) is 0.111. The Labute approximate surface area is 149 Å². The van der Waals surface area contributed by atoms with Crippen LogP contribution >= 0.6 is 23.2 Å². The van der Waals surface area contributed by atoms with Crippen LogP contribution in [0.25, 0.3) is 0 Å². The first-order chi connectivity index (χ1) is 11.5. The first-order valence-corrected chi connectivity index (χ1v) is 8.17. The van der Waals surface area contributed by atoms with Gasteiger partial charge in [-0.15, -0.1) is 0 Å². The van der Waals surface area contributed by atoms with Crippen LogP contribution in [0.15, 0.2) is 59.3 Å². The van der Waals surface area contributed by atoms with Crippen LogP contribution in [0.5, 0.6) is 0 Å². The molecule has 24 heavy (non-hydrogen) atoms. The lowest BCUT2D eigenvalue weighted by molar-refractivity contribution is -0.120. The Balaban J connectivity index is 1.89. The first-order valence-electron chi connectivity index (χ1n) is 7.41. The molecule has 1 aliphatic rings. The highest BCUT2D eigenvalue weighted by Crippen LogP contribution is 2.30. The standard InChI is InChI=1S/C18H14Cl2N2O2/c1-2-11-6-8-14(9-7-11)22-17(23)15(20)16(18(22)24)21-13-5-3-4-12(19)10-13/h3-10,21H,2H2,1H3. The van der Waals surface area contributed by atoms with Crippen LogP contribution in [0.1, 0.15) is 12.5 Å². The highest BCUT2D eigenvalue weighted by atomic mass is 35.5. The second-order valence-electron chi connectivity index (χ2n) is 5.29. The van der Waals surface area contributed by atoms with Gasteiger partial charge in [-0.3, -0.25) is 9.59 Å². The number of carbonyl (C=O) groups is 2. The number of nitrogens with one attached hydrogen (secondary N) is 1. The second-order valence-corrected chi connectivity index (χ2v) is 6.10. The number of amides is 2. The van der Waals surface area contributed by atoms with Crippen molar-refractivity contribution in [3.05, 3.63) is 69.8 Å². The average Bonchev–Trinajstić information content (AvgIpc) is 2.79. The number of halogens is 2. The number of carbonyl (C=O) groups excluding carboxylic acids is 2. The van der Waals surface area contributed by atoms with Gasteiger partial charge in [0.15, 0.2) is 0 Å². The van der Waals surface area contributed by atoms with E-state index in [0.29, 0.717) is 16.4 Å². The van der Waals surface area contributed by atoms with Gasteiger partial charge >= 0.3 is 0 Å². The summed E-state index contributed by atoms with van der Waals surface area (Å²) in [6, 6.07) is 14.1. The molecule has 3 rings (SSSR count). The molecule has 2 aromatic rings. The van der Waals surface area contributed by atoms with Gasteiger partial charge in [0.1, 0.15) is 10.7 Å². The maximum atomic E-state index is 12.6. The van der Waals surface area contributed by atoms with Gasteiger partial charge in [0.05, 0.1) is 5.69 Å². The fourth-order valence-corrected chi connectivity index (χ4v) is 2.84. The number of benzene rings is 2. The van der Waals surface area contributed by atoms with E-state index >= 15 is 0 Å². The first kappa shape index (κ1) is 16.6. The minimum absolute atomic E-state index is 0.0449. The van der Waals surface area contributed by atoms with Gasteiger partial charge in [-0.2, -0.15) is 0 Å². The summed E-state index contributed by atoms with van der Waals surface area (Å²) in [4.78, 5) is 26.1. The molecule has 0 aliphatic carbocycles. The molecule has 1 heterocycles. The maximum absolute atomic E-state index is 12.6. The lowest BCUT2D eigenvalue weighted by Gasteiger charge is -2.15. The van der Waals surface area contributed by atoms with Crippen molar-refractivity contribution < 1.29 is 9.59 Å². The smallest absolute Gasteiger partial charge is 0.283 e. The number of hydrogen-bond donors (Lipinski definition) is 1. The Hall–Kier alpha value is -2.30. The maximum Gasteiger partial charge on any atom is 0.283 e. The van der Waals surface area contributed by atoms with Crippen LogP contribution in [0.4, 0.5) is 11.4 Å². The molecule has 0 unspecified atom stereocenters. The summed E-state index contributed by atoms with van der Waals surface area (Å²) < 4.78 is 0. The Morgan fingerprint density at radius 2 is 1.71 bits per heavy atom. The average molecular weight is 361 g/mol. The van der Waals surface area contributed by atoms with Crippen molar-refractivity contribution >= 4 is 46.4 Å². The van der Waals surface area contributed by atoms with Crippen LogP contribution in [-0.2, 0) is 16.0 Å². The Kier molecular flexibility index (Phi) is 4.60.